The first-order chi connectivity index (χ1) is 15.1. The maximum absolute atomic E-state index is 13.8. The summed E-state index contributed by atoms with van der Waals surface area (Å²) >= 11 is 0. The number of aromatic amines is 1. The number of piperidine rings is 1. The van der Waals surface area contributed by atoms with Crippen molar-refractivity contribution in [2.45, 2.75) is 48.3 Å². The summed E-state index contributed by atoms with van der Waals surface area (Å²) in [5, 5.41) is 6.98. The molecule has 0 saturated carbocycles. The predicted octanol–water partition coefficient (Wildman–Crippen LogP) is 4.20. The molecule has 2 aliphatic rings. The van der Waals surface area contributed by atoms with E-state index in [9.17, 15) is 26.0 Å². The van der Waals surface area contributed by atoms with Gasteiger partial charge in [-0.2, -0.15) is 22.6 Å². The van der Waals surface area contributed by atoms with Crippen LogP contribution in [0.5, 0.6) is 0 Å². The van der Waals surface area contributed by atoms with Crippen molar-refractivity contribution in [1.29, 1.82) is 0 Å². The van der Waals surface area contributed by atoms with Crippen molar-refractivity contribution in [3.05, 3.63) is 77.1 Å². The molecule has 2 aliphatic heterocycles. The zero-order chi connectivity index (χ0) is 22.7. The van der Waals surface area contributed by atoms with Crippen LogP contribution in [0.1, 0.15) is 47.3 Å². The van der Waals surface area contributed by atoms with Crippen LogP contribution in [0, 0.1) is 5.82 Å². The van der Waals surface area contributed by atoms with Gasteiger partial charge in [0.1, 0.15) is 16.4 Å². The number of nitrogens with zero attached hydrogens (tertiary/aromatic N) is 3. The molecule has 1 fully saturated rings. The fourth-order valence-corrected chi connectivity index (χ4v) is 6.58. The van der Waals surface area contributed by atoms with Crippen LogP contribution < -0.4 is 0 Å². The summed E-state index contributed by atoms with van der Waals surface area (Å²) < 4.78 is 80.8. The van der Waals surface area contributed by atoms with Crippen molar-refractivity contribution >= 4 is 10.0 Å². The van der Waals surface area contributed by atoms with Gasteiger partial charge in [0.05, 0.1) is 12.2 Å². The molecular formula is C21H18F4N4O2S. The molecule has 1 N–H and O–H groups in total. The van der Waals surface area contributed by atoms with Gasteiger partial charge in [-0.1, -0.05) is 12.1 Å². The van der Waals surface area contributed by atoms with E-state index in [1.165, 1.54) is 16.4 Å². The molecule has 4 heterocycles. The second kappa shape index (κ2) is 7.38. The van der Waals surface area contributed by atoms with E-state index >= 15 is 0 Å². The lowest BCUT2D eigenvalue weighted by atomic mass is 9.76. The minimum absolute atomic E-state index is 0.0686. The minimum atomic E-state index is -4.66. The largest absolute Gasteiger partial charge is 0.433 e. The van der Waals surface area contributed by atoms with Gasteiger partial charge in [-0.25, -0.2) is 12.8 Å². The Morgan fingerprint density at radius 3 is 2.59 bits per heavy atom. The molecule has 0 spiro atoms. The second-order valence-electron chi connectivity index (χ2n) is 8.11. The number of rotatable bonds is 3. The highest BCUT2D eigenvalue weighted by Crippen LogP contribution is 2.49. The van der Waals surface area contributed by atoms with Crippen LogP contribution in [-0.4, -0.2) is 33.9 Å². The first-order valence-electron chi connectivity index (χ1n) is 9.99. The summed E-state index contributed by atoms with van der Waals surface area (Å²) in [5.41, 5.74) is 1.21. The molecule has 2 bridgehead atoms. The lowest BCUT2D eigenvalue weighted by molar-refractivity contribution is -0.141. The van der Waals surface area contributed by atoms with E-state index in [0.717, 1.165) is 29.1 Å². The summed E-state index contributed by atoms with van der Waals surface area (Å²) in [6, 6.07) is 6.85. The van der Waals surface area contributed by atoms with E-state index in [1.807, 2.05) is 6.07 Å². The van der Waals surface area contributed by atoms with Crippen molar-refractivity contribution in [3.63, 3.8) is 0 Å². The molecule has 3 aromatic rings. The van der Waals surface area contributed by atoms with Crippen LogP contribution in [0.25, 0.3) is 0 Å². The van der Waals surface area contributed by atoms with Crippen molar-refractivity contribution < 1.29 is 26.0 Å². The number of pyridine rings is 1. The predicted molar refractivity (Wildman–Crippen MR) is 105 cm³/mol. The quantitative estimate of drug-likeness (QED) is 0.587. The number of alkyl halides is 3. The molecule has 3 unspecified atom stereocenters. The first kappa shape index (κ1) is 21.1. The van der Waals surface area contributed by atoms with E-state index in [2.05, 4.69) is 15.2 Å². The molecular weight excluding hydrogens is 448 g/mol. The number of H-pyrrole nitrogens is 1. The van der Waals surface area contributed by atoms with Crippen LogP contribution in [0.2, 0.25) is 0 Å². The highest BCUT2D eigenvalue weighted by Gasteiger charge is 2.48. The monoisotopic (exact) mass is 466 g/mol. The molecule has 32 heavy (non-hydrogen) atoms. The van der Waals surface area contributed by atoms with E-state index in [4.69, 9.17) is 0 Å². The number of benzene rings is 1. The third-order valence-electron chi connectivity index (χ3n) is 6.20. The van der Waals surface area contributed by atoms with Crippen LogP contribution in [0.3, 0.4) is 0 Å². The number of aromatic nitrogens is 3. The molecule has 168 valence electrons. The average molecular weight is 466 g/mol. The van der Waals surface area contributed by atoms with Gasteiger partial charge < -0.3 is 0 Å². The molecule has 5 rings (SSSR count). The molecule has 3 atom stereocenters. The van der Waals surface area contributed by atoms with E-state index in [-0.39, 0.29) is 16.6 Å². The van der Waals surface area contributed by atoms with Gasteiger partial charge in [0.25, 0.3) is 0 Å². The average Bonchev–Trinajstić information content (AvgIpc) is 3.21. The van der Waals surface area contributed by atoms with Crippen molar-refractivity contribution in [3.8, 4) is 0 Å². The summed E-state index contributed by atoms with van der Waals surface area (Å²) in [6.07, 6.45) is -1.09. The highest BCUT2D eigenvalue weighted by molar-refractivity contribution is 7.89. The fourth-order valence-electron chi connectivity index (χ4n) is 4.82. The Kier molecular flexibility index (Phi) is 4.86. The molecule has 0 radical (unpaired) electrons. The Balaban J connectivity index is 1.53. The minimum Gasteiger partial charge on any atom is -0.282 e. The van der Waals surface area contributed by atoms with Crippen molar-refractivity contribution in [2.75, 3.05) is 0 Å². The normalized spacial score (nSPS) is 23.7. The number of sulfonamides is 1. The van der Waals surface area contributed by atoms with E-state index in [1.54, 1.807) is 12.3 Å². The maximum atomic E-state index is 13.8. The third-order valence-corrected chi connectivity index (χ3v) is 8.15. The molecule has 0 amide bonds. The topological polar surface area (TPSA) is 79.0 Å². The summed E-state index contributed by atoms with van der Waals surface area (Å²) in [4.78, 5) is 3.03. The zero-order valence-electron chi connectivity index (χ0n) is 16.6. The summed E-state index contributed by atoms with van der Waals surface area (Å²) in [7, 11) is -4.13. The van der Waals surface area contributed by atoms with Crippen molar-refractivity contribution in [1.82, 2.24) is 19.5 Å². The van der Waals surface area contributed by atoms with E-state index < -0.39 is 34.0 Å². The van der Waals surface area contributed by atoms with Gasteiger partial charge in [-0.3, -0.25) is 10.1 Å². The molecule has 1 aromatic carbocycles. The Morgan fingerprint density at radius 2 is 1.91 bits per heavy atom. The van der Waals surface area contributed by atoms with Crippen molar-refractivity contribution in [2.24, 2.45) is 0 Å². The Labute approximate surface area is 181 Å². The standard InChI is InChI=1S/C21H18F4N4O2S/c22-14-3-1-2-12(6-14)13-7-15-9-18-17(11-27-28-18)19(8-13)29(15)32(30,31)16-4-5-20(26-10-16)21(23,24)25/h1-6,10-11,13,15,19H,7-9H2,(H,27,28). The summed E-state index contributed by atoms with van der Waals surface area (Å²) in [5.74, 6) is -0.427. The second-order valence-corrected chi connectivity index (χ2v) is 9.96. The Bertz CT molecular complexity index is 1260. The third kappa shape index (κ3) is 3.49. The molecule has 0 aliphatic carbocycles. The number of hydrogen-bond donors (Lipinski definition) is 1. The van der Waals surface area contributed by atoms with Gasteiger partial charge in [0.2, 0.25) is 10.0 Å². The number of hydrogen-bond acceptors (Lipinski definition) is 4. The lowest BCUT2D eigenvalue weighted by Crippen LogP contribution is -2.51. The van der Waals surface area contributed by atoms with Gasteiger partial charge in [0.15, 0.2) is 0 Å². The van der Waals surface area contributed by atoms with Gasteiger partial charge >= 0.3 is 6.18 Å². The number of halogens is 4. The number of fused-ring (bicyclic) bond motifs is 4. The van der Waals surface area contributed by atoms with Crippen LogP contribution in [0.4, 0.5) is 17.6 Å². The highest BCUT2D eigenvalue weighted by atomic mass is 32.2. The van der Waals surface area contributed by atoms with E-state index in [0.29, 0.717) is 25.3 Å². The first-order valence-corrected chi connectivity index (χ1v) is 11.4. The van der Waals surface area contributed by atoms with Crippen LogP contribution in [-0.2, 0) is 22.6 Å². The van der Waals surface area contributed by atoms with Gasteiger partial charge in [-0.15, -0.1) is 0 Å². The van der Waals surface area contributed by atoms with Gasteiger partial charge in [-0.05, 0) is 48.6 Å². The van der Waals surface area contributed by atoms with Crippen LogP contribution >= 0.6 is 0 Å². The Hall–Kier alpha value is -2.79. The fraction of sp³-hybridized carbons (Fsp3) is 0.333. The molecule has 2 aromatic heterocycles. The smallest absolute Gasteiger partial charge is 0.282 e. The molecule has 6 nitrogen and oxygen atoms in total. The SMILES string of the molecule is O=S(=O)(c1ccc(C(F)(F)F)nc1)N1C2Cc3[nH]ncc3C1CC(c1cccc(F)c1)C2. The Morgan fingerprint density at radius 1 is 1.09 bits per heavy atom. The maximum Gasteiger partial charge on any atom is 0.433 e. The molecule has 11 heteroatoms. The van der Waals surface area contributed by atoms with Crippen LogP contribution in [0.15, 0.2) is 53.7 Å². The zero-order valence-corrected chi connectivity index (χ0v) is 17.4. The lowest BCUT2D eigenvalue weighted by Gasteiger charge is -2.47. The van der Waals surface area contributed by atoms with Gasteiger partial charge in [0, 0.05) is 29.9 Å². The summed E-state index contributed by atoms with van der Waals surface area (Å²) in [6.45, 7) is 0. The number of nitrogens with one attached hydrogen (secondary N) is 1. The molecule has 1 saturated heterocycles.